The highest BCUT2D eigenvalue weighted by atomic mass is 16.5. The van der Waals surface area contributed by atoms with E-state index in [4.69, 9.17) is 4.74 Å². The first-order chi connectivity index (χ1) is 40.0. The number of aliphatic hydroxyl groups is 2. The molecule has 0 aliphatic heterocycles. The topological polar surface area (TPSA) is 95.9 Å². The molecule has 0 aliphatic rings. The zero-order valence-corrected chi connectivity index (χ0v) is 55.0. The maximum Gasteiger partial charge on any atom is 0.305 e. The maximum atomic E-state index is 12.6. The number of hydrogen-bond donors (Lipinski definition) is 3. The third-order valence-electron chi connectivity index (χ3n) is 17.5. The van der Waals surface area contributed by atoms with Gasteiger partial charge in [-0.05, 0) is 77.0 Å². The average molecular weight is 1140 g/mol. The molecule has 1 amide bonds. The third-order valence-corrected chi connectivity index (χ3v) is 17.5. The highest BCUT2D eigenvalue weighted by Gasteiger charge is 2.20. The van der Waals surface area contributed by atoms with Gasteiger partial charge in [0.1, 0.15) is 0 Å². The Morgan fingerprint density at radius 1 is 0.333 bits per heavy atom. The Morgan fingerprint density at radius 2 is 0.580 bits per heavy atom. The van der Waals surface area contributed by atoms with Gasteiger partial charge in [-0.1, -0.05) is 353 Å². The molecule has 0 aromatic heterocycles. The first kappa shape index (κ1) is 79.3. The van der Waals surface area contributed by atoms with E-state index in [1.807, 2.05) is 0 Å². The molecule has 3 N–H and O–H groups in total. The number of allylic oxidation sites excluding steroid dienone is 4. The van der Waals surface area contributed by atoms with Crippen LogP contribution in [0, 0.1) is 0 Å². The number of esters is 1. The second-order valence-corrected chi connectivity index (χ2v) is 25.6. The van der Waals surface area contributed by atoms with Crippen LogP contribution in [-0.4, -0.2) is 47.4 Å². The minimum atomic E-state index is -0.669. The van der Waals surface area contributed by atoms with Crippen molar-refractivity contribution in [2.75, 3.05) is 13.2 Å². The molecule has 0 fully saturated rings. The van der Waals surface area contributed by atoms with Gasteiger partial charge in [-0.3, -0.25) is 9.59 Å². The molecular weight excluding hydrogens is 995 g/mol. The van der Waals surface area contributed by atoms with Crippen molar-refractivity contribution in [2.45, 2.75) is 431 Å². The van der Waals surface area contributed by atoms with Gasteiger partial charge < -0.3 is 20.3 Å². The van der Waals surface area contributed by atoms with E-state index in [9.17, 15) is 19.8 Å². The Morgan fingerprint density at radius 3 is 0.877 bits per heavy atom. The van der Waals surface area contributed by atoms with Crippen LogP contribution in [0.4, 0.5) is 0 Å². The van der Waals surface area contributed by atoms with Gasteiger partial charge in [-0.2, -0.15) is 0 Å². The summed E-state index contributed by atoms with van der Waals surface area (Å²) in [6.07, 6.45) is 89.5. The minimum absolute atomic E-state index is 0.00624. The standard InChI is InChI=1S/C75H145NO5/c1-3-5-7-9-11-13-15-17-19-21-22-23-24-27-30-33-36-39-43-47-51-55-59-63-67-73(78)72(71-77)76-74(79)68-64-60-56-52-48-44-40-37-34-31-28-25-26-29-32-35-38-42-46-50-54-58-62-66-70-81-75(80)69-65-61-57-53-49-45-41-20-18-16-14-12-10-8-6-4-2/h20,28,31,41,72-73,77-78H,3-19,21-27,29-30,32-40,42-71H2,1-2H3,(H,76,79)/b31-28-,41-20-. The van der Waals surface area contributed by atoms with Crippen LogP contribution in [0.3, 0.4) is 0 Å². The molecule has 0 aromatic carbocycles. The van der Waals surface area contributed by atoms with Crippen LogP contribution >= 0.6 is 0 Å². The molecule has 0 aromatic rings. The van der Waals surface area contributed by atoms with Crippen LogP contribution in [-0.2, 0) is 14.3 Å². The predicted octanol–water partition coefficient (Wildman–Crippen LogP) is 24.1. The Hall–Kier alpha value is -1.66. The fourth-order valence-corrected chi connectivity index (χ4v) is 11.8. The van der Waals surface area contributed by atoms with Gasteiger partial charge in [0.15, 0.2) is 0 Å². The second-order valence-electron chi connectivity index (χ2n) is 25.6. The fourth-order valence-electron chi connectivity index (χ4n) is 11.8. The minimum Gasteiger partial charge on any atom is -0.466 e. The van der Waals surface area contributed by atoms with Crippen molar-refractivity contribution in [1.29, 1.82) is 0 Å². The number of nitrogens with one attached hydrogen (secondary N) is 1. The van der Waals surface area contributed by atoms with Crippen LogP contribution in [0.15, 0.2) is 24.3 Å². The summed E-state index contributed by atoms with van der Waals surface area (Å²) in [6.45, 7) is 4.99. The summed E-state index contributed by atoms with van der Waals surface area (Å²) < 4.78 is 5.49. The number of aliphatic hydroxyl groups excluding tert-OH is 2. The van der Waals surface area contributed by atoms with Gasteiger partial charge in [0.05, 0.1) is 25.4 Å². The van der Waals surface area contributed by atoms with Crippen molar-refractivity contribution in [1.82, 2.24) is 5.32 Å². The Kier molecular flexibility index (Phi) is 69.4. The molecule has 81 heavy (non-hydrogen) atoms. The molecule has 6 nitrogen and oxygen atoms in total. The van der Waals surface area contributed by atoms with E-state index in [1.54, 1.807) is 0 Å². The van der Waals surface area contributed by atoms with E-state index >= 15 is 0 Å². The number of amides is 1. The van der Waals surface area contributed by atoms with Crippen LogP contribution in [0.25, 0.3) is 0 Å². The molecule has 2 atom stereocenters. The number of rotatable bonds is 70. The molecule has 0 radical (unpaired) electrons. The Bertz CT molecular complexity index is 1270. The van der Waals surface area contributed by atoms with Gasteiger partial charge in [0.2, 0.25) is 5.91 Å². The molecule has 0 bridgehead atoms. The van der Waals surface area contributed by atoms with Crippen molar-refractivity contribution in [3.8, 4) is 0 Å². The Labute approximate surface area is 507 Å². The Balaban J connectivity index is 3.40. The largest absolute Gasteiger partial charge is 0.466 e. The van der Waals surface area contributed by atoms with E-state index in [-0.39, 0.29) is 18.5 Å². The molecule has 0 rings (SSSR count). The molecule has 0 heterocycles. The molecule has 480 valence electrons. The summed E-state index contributed by atoms with van der Waals surface area (Å²) in [5.74, 6) is -0.0283. The van der Waals surface area contributed by atoms with Gasteiger partial charge in [-0.25, -0.2) is 0 Å². The van der Waals surface area contributed by atoms with E-state index < -0.39 is 12.1 Å². The lowest BCUT2D eigenvalue weighted by Gasteiger charge is -2.22. The fraction of sp³-hybridized carbons (Fsp3) is 0.920. The van der Waals surface area contributed by atoms with Crippen LogP contribution in [0.1, 0.15) is 418 Å². The number of ether oxygens (including phenoxy) is 1. The average Bonchev–Trinajstić information content (AvgIpc) is 3.47. The molecular formula is C75H145NO5. The van der Waals surface area contributed by atoms with E-state index in [0.29, 0.717) is 25.9 Å². The van der Waals surface area contributed by atoms with Gasteiger partial charge >= 0.3 is 5.97 Å². The lowest BCUT2D eigenvalue weighted by Crippen LogP contribution is -2.45. The van der Waals surface area contributed by atoms with Crippen molar-refractivity contribution in [3.05, 3.63) is 24.3 Å². The summed E-state index contributed by atoms with van der Waals surface area (Å²) in [7, 11) is 0. The molecule has 0 saturated heterocycles. The molecule has 2 unspecified atom stereocenters. The molecule has 0 aliphatic carbocycles. The smallest absolute Gasteiger partial charge is 0.305 e. The molecule has 0 spiro atoms. The molecule has 0 saturated carbocycles. The maximum absolute atomic E-state index is 12.6. The SMILES string of the molecule is CCCCCCCCC/C=C\CCCCCCCC(=O)OCCCCCCCCCCCCCC/C=C\CCCCCCCCCCC(=O)NC(CO)C(O)CCCCCCCCCCCCCCCCCCCCCCCCCC. The highest BCUT2D eigenvalue weighted by molar-refractivity contribution is 5.76. The number of carbonyl (C=O) groups excluding carboxylic acids is 2. The summed E-state index contributed by atoms with van der Waals surface area (Å²) >= 11 is 0. The monoisotopic (exact) mass is 1140 g/mol. The number of carbonyl (C=O) groups is 2. The lowest BCUT2D eigenvalue weighted by molar-refractivity contribution is -0.143. The van der Waals surface area contributed by atoms with Crippen molar-refractivity contribution >= 4 is 11.9 Å². The summed E-state index contributed by atoms with van der Waals surface area (Å²) in [6, 6.07) is -0.546. The first-order valence-electron chi connectivity index (χ1n) is 37.1. The molecule has 6 heteroatoms. The zero-order valence-electron chi connectivity index (χ0n) is 55.0. The van der Waals surface area contributed by atoms with Crippen LogP contribution < -0.4 is 5.32 Å². The summed E-state index contributed by atoms with van der Waals surface area (Å²) in [5.41, 5.74) is 0. The highest BCUT2D eigenvalue weighted by Crippen LogP contribution is 2.19. The predicted molar refractivity (Wildman–Crippen MR) is 356 cm³/mol. The first-order valence-corrected chi connectivity index (χ1v) is 37.1. The van der Waals surface area contributed by atoms with E-state index in [0.717, 1.165) is 44.9 Å². The third kappa shape index (κ3) is 67.3. The van der Waals surface area contributed by atoms with Crippen molar-refractivity contribution < 1.29 is 24.5 Å². The van der Waals surface area contributed by atoms with Crippen molar-refractivity contribution in [2.24, 2.45) is 0 Å². The normalized spacial score (nSPS) is 12.6. The lowest BCUT2D eigenvalue weighted by atomic mass is 10.0. The summed E-state index contributed by atoms with van der Waals surface area (Å²) in [4.78, 5) is 24.6. The summed E-state index contributed by atoms with van der Waals surface area (Å²) in [5, 5.41) is 23.5. The number of unbranched alkanes of at least 4 members (excludes halogenated alkanes) is 55. The quantitative estimate of drug-likeness (QED) is 0.0320. The second kappa shape index (κ2) is 70.8. The van der Waals surface area contributed by atoms with Crippen molar-refractivity contribution in [3.63, 3.8) is 0 Å². The number of hydrogen-bond acceptors (Lipinski definition) is 5. The van der Waals surface area contributed by atoms with Crippen LogP contribution in [0.5, 0.6) is 0 Å². The van der Waals surface area contributed by atoms with E-state index in [2.05, 4.69) is 43.5 Å². The van der Waals surface area contributed by atoms with Crippen LogP contribution in [0.2, 0.25) is 0 Å². The van der Waals surface area contributed by atoms with Gasteiger partial charge in [0.25, 0.3) is 0 Å². The zero-order chi connectivity index (χ0) is 58.5. The van der Waals surface area contributed by atoms with Gasteiger partial charge in [0, 0.05) is 12.8 Å². The van der Waals surface area contributed by atoms with Gasteiger partial charge in [-0.15, -0.1) is 0 Å². The van der Waals surface area contributed by atoms with E-state index in [1.165, 1.54) is 340 Å².